The molecule has 0 spiro atoms. The Hall–Kier alpha value is 2.44. The maximum absolute atomic E-state index is 10.7. The molecule has 0 atom stereocenters. The van der Waals surface area contributed by atoms with Crippen LogP contribution >= 0.6 is 7.82 Å². The van der Waals surface area contributed by atoms with Crippen LogP contribution in [0.15, 0.2) is 24.3 Å². The van der Waals surface area contributed by atoms with Crippen LogP contribution in [-0.4, -0.2) is 0 Å². The number of phosphoric ester groups is 1. The Bertz CT molecular complexity index is 437. The van der Waals surface area contributed by atoms with Gasteiger partial charge < -0.3 is 18.9 Å². The molecule has 0 radical (unpaired) electrons. The van der Waals surface area contributed by atoms with Gasteiger partial charge in [0.15, 0.2) is 0 Å². The molecule has 4 nitrogen and oxygen atoms in total. The van der Waals surface area contributed by atoms with Gasteiger partial charge in [0, 0.05) is 0 Å². The van der Waals surface area contributed by atoms with Crippen LogP contribution in [-0.2, 0) is 11.0 Å². The van der Waals surface area contributed by atoms with Crippen molar-refractivity contribution in [3.63, 3.8) is 0 Å². The van der Waals surface area contributed by atoms with Crippen LogP contribution in [0.4, 0.5) is 0 Å². The third-order valence-corrected chi connectivity index (χ3v) is 3.65. The summed E-state index contributed by atoms with van der Waals surface area (Å²) in [6.07, 6.45) is 9.11. The number of phosphoric acid groups is 1. The van der Waals surface area contributed by atoms with Gasteiger partial charge in [-0.25, -0.2) is 0 Å². The molecule has 0 unspecified atom stereocenters. The largest absolute Gasteiger partial charge is 1.00 e. The summed E-state index contributed by atoms with van der Waals surface area (Å²) in [6, 6.07) is 6.82. The average molecular weight is 377 g/mol. The van der Waals surface area contributed by atoms with E-state index in [1.807, 2.05) is 12.1 Å². The Balaban J connectivity index is 0. The van der Waals surface area contributed by atoms with Crippen molar-refractivity contribution in [2.45, 2.75) is 58.3 Å². The minimum atomic E-state index is -4.97. The van der Waals surface area contributed by atoms with E-state index >= 15 is 0 Å². The molecule has 0 fully saturated rings. The van der Waals surface area contributed by atoms with Crippen LogP contribution in [0.1, 0.15) is 57.4 Å². The van der Waals surface area contributed by atoms with Crippen molar-refractivity contribution in [2.24, 2.45) is 0 Å². The number of hydrogen-bond donors (Lipinski definition) is 0. The van der Waals surface area contributed by atoms with Crippen molar-refractivity contribution in [2.75, 3.05) is 0 Å². The predicted octanol–water partition coefficient (Wildman–Crippen LogP) is -2.80. The van der Waals surface area contributed by atoms with E-state index in [9.17, 15) is 14.4 Å². The number of rotatable bonds is 10. The Morgan fingerprint density at radius 1 is 0.955 bits per heavy atom. The van der Waals surface area contributed by atoms with Gasteiger partial charge >= 0.3 is 103 Å². The number of para-hydroxylation sites is 1. The van der Waals surface area contributed by atoms with Gasteiger partial charge in [-0.2, -0.15) is 0 Å². The van der Waals surface area contributed by atoms with Crippen LogP contribution in [0, 0.1) is 0 Å². The fourth-order valence-electron chi connectivity index (χ4n) is 2.19. The quantitative estimate of drug-likeness (QED) is 0.251. The maximum Gasteiger partial charge on any atom is 1.00 e. The molecule has 1 aromatic carbocycles. The molecule has 0 saturated heterocycles. The summed E-state index contributed by atoms with van der Waals surface area (Å²) in [7, 11) is -4.97. The fourth-order valence-corrected chi connectivity index (χ4v) is 2.61. The minimum Gasteiger partial charge on any atom is -0.780 e. The molecular formula is C15H23K2O4P. The fraction of sp³-hybridized carbons (Fsp3) is 0.600. The first-order chi connectivity index (χ1) is 9.53. The van der Waals surface area contributed by atoms with E-state index in [0.717, 1.165) is 24.8 Å². The molecule has 0 bridgehead atoms. The second-order valence-electron chi connectivity index (χ2n) is 5.02. The number of unbranched alkanes of at least 4 members (excludes halogenated alkanes) is 6. The summed E-state index contributed by atoms with van der Waals surface area (Å²) < 4.78 is 15.2. The first-order valence-electron chi connectivity index (χ1n) is 7.32. The van der Waals surface area contributed by atoms with Gasteiger partial charge in [-0.05, 0) is 24.5 Å². The molecule has 1 rings (SSSR count). The molecule has 0 amide bonds. The summed E-state index contributed by atoms with van der Waals surface area (Å²) in [5.74, 6) is 0.173. The summed E-state index contributed by atoms with van der Waals surface area (Å²) in [6.45, 7) is 2.20. The van der Waals surface area contributed by atoms with E-state index in [4.69, 9.17) is 0 Å². The van der Waals surface area contributed by atoms with Crippen LogP contribution in [0.5, 0.6) is 5.75 Å². The van der Waals surface area contributed by atoms with Gasteiger partial charge in [0.2, 0.25) is 0 Å². The average Bonchev–Trinajstić information content (AvgIpc) is 2.38. The molecule has 0 aromatic heterocycles. The van der Waals surface area contributed by atoms with Crippen molar-refractivity contribution in [3.05, 3.63) is 29.8 Å². The molecule has 0 aliphatic rings. The number of hydrogen-bond acceptors (Lipinski definition) is 4. The van der Waals surface area contributed by atoms with Crippen LogP contribution < -0.4 is 117 Å². The normalized spacial score (nSPS) is 10.5. The van der Waals surface area contributed by atoms with Crippen molar-refractivity contribution in [3.8, 4) is 5.75 Å². The van der Waals surface area contributed by atoms with Crippen LogP contribution in [0.25, 0.3) is 0 Å². The summed E-state index contributed by atoms with van der Waals surface area (Å²) in [5, 5.41) is 0. The van der Waals surface area contributed by atoms with Gasteiger partial charge in [-0.1, -0.05) is 63.6 Å². The molecule has 0 N–H and O–H groups in total. The van der Waals surface area contributed by atoms with Crippen LogP contribution in [0.2, 0.25) is 0 Å². The molecular weight excluding hydrogens is 353 g/mol. The van der Waals surface area contributed by atoms with Gasteiger partial charge in [0.05, 0.1) is 0 Å². The second kappa shape index (κ2) is 15.7. The monoisotopic (exact) mass is 376 g/mol. The van der Waals surface area contributed by atoms with E-state index in [2.05, 4.69) is 11.4 Å². The van der Waals surface area contributed by atoms with Gasteiger partial charge in [-0.3, -0.25) is 0 Å². The summed E-state index contributed by atoms with van der Waals surface area (Å²) in [5.41, 5.74) is 0.785. The Kier molecular flexibility index (Phi) is 19.0. The van der Waals surface area contributed by atoms with Crippen LogP contribution in [0.3, 0.4) is 0 Å². The minimum absolute atomic E-state index is 0. The summed E-state index contributed by atoms with van der Waals surface area (Å²) in [4.78, 5) is 21.4. The van der Waals surface area contributed by atoms with Crippen molar-refractivity contribution in [1.82, 2.24) is 0 Å². The third-order valence-electron chi connectivity index (χ3n) is 3.23. The van der Waals surface area contributed by atoms with E-state index in [1.165, 1.54) is 38.2 Å². The predicted molar refractivity (Wildman–Crippen MR) is 76.4 cm³/mol. The summed E-state index contributed by atoms with van der Waals surface area (Å²) >= 11 is 0. The van der Waals surface area contributed by atoms with Crippen molar-refractivity contribution in [1.29, 1.82) is 0 Å². The zero-order chi connectivity index (χ0) is 14.8. The molecule has 1 aromatic rings. The van der Waals surface area contributed by atoms with E-state index < -0.39 is 7.82 Å². The van der Waals surface area contributed by atoms with Crippen molar-refractivity contribution < 1.29 is 122 Å². The SMILES string of the molecule is CCCCCCCCCc1ccccc1OP(=O)([O-])[O-].[K+].[K+]. The smallest absolute Gasteiger partial charge is 0.780 e. The molecule has 0 saturated carbocycles. The topological polar surface area (TPSA) is 72.4 Å². The van der Waals surface area contributed by atoms with Gasteiger partial charge in [0.25, 0.3) is 0 Å². The first kappa shape index (κ1) is 26.7. The number of aryl methyl sites for hydroxylation is 1. The Morgan fingerprint density at radius 3 is 2.09 bits per heavy atom. The Morgan fingerprint density at radius 2 is 1.50 bits per heavy atom. The second-order valence-corrected chi connectivity index (χ2v) is 6.09. The van der Waals surface area contributed by atoms with E-state index in [-0.39, 0.29) is 109 Å². The van der Waals surface area contributed by atoms with Gasteiger partial charge in [0.1, 0.15) is 13.6 Å². The molecule has 7 heteroatoms. The molecule has 114 valence electrons. The molecule has 0 heterocycles. The zero-order valence-electron chi connectivity index (χ0n) is 14.0. The maximum atomic E-state index is 10.7. The van der Waals surface area contributed by atoms with E-state index in [0.29, 0.717) is 0 Å². The molecule has 0 aliphatic heterocycles. The van der Waals surface area contributed by atoms with Crippen molar-refractivity contribution >= 4 is 7.82 Å². The molecule has 0 aliphatic carbocycles. The Labute approximate surface area is 219 Å². The standard InChI is InChI=1S/C15H25O4P.2K/c1-2-3-4-5-6-7-8-11-14-12-9-10-13-15(14)19-20(16,17)18;;/h9-10,12-13H,2-8,11H2,1H3,(H2,16,17,18);;/q;2*+1/p-2. The zero-order valence-corrected chi connectivity index (χ0v) is 21.2. The number of benzene rings is 1. The third kappa shape index (κ3) is 13.7. The first-order valence-corrected chi connectivity index (χ1v) is 8.78. The van der Waals surface area contributed by atoms with E-state index in [1.54, 1.807) is 6.07 Å². The molecule has 22 heavy (non-hydrogen) atoms. The van der Waals surface area contributed by atoms with Gasteiger partial charge in [-0.15, -0.1) is 0 Å².